The molecule has 5 nitrogen and oxygen atoms in total. The minimum Gasteiger partial charge on any atom is -0.480 e. The zero-order valence-electron chi connectivity index (χ0n) is 17.8. The van der Waals surface area contributed by atoms with Gasteiger partial charge in [0.25, 0.3) is 0 Å². The van der Waals surface area contributed by atoms with E-state index in [2.05, 4.69) is 17.9 Å². The fraction of sp³-hybridized carbons (Fsp3) is 0.875. The first-order valence-corrected chi connectivity index (χ1v) is 12.0. The third kappa shape index (κ3) is 4.28. The van der Waals surface area contributed by atoms with Crippen LogP contribution in [0.3, 0.4) is 0 Å². The van der Waals surface area contributed by atoms with Crippen molar-refractivity contribution < 1.29 is 20.1 Å². The van der Waals surface area contributed by atoms with E-state index in [1.54, 1.807) is 0 Å². The number of hydrogen-bond acceptors (Lipinski definition) is 4. The first kappa shape index (κ1) is 21.3. The summed E-state index contributed by atoms with van der Waals surface area (Å²) in [5, 5.41) is 31.1. The Hall–Kier alpha value is -0.910. The molecule has 7 atom stereocenters. The normalized spacial score (nSPS) is 44.0. The fourth-order valence-corrected chi connectivity index (χ4v) is 7.08. The predicted octanol–water partition coefficient (Wildman–Crippen LogP) is 3.59. The van der Waals surface area contributed by atoms with Crippen LogP contribution in [0.1, 0.15) is 77.6 Å². The van der Waals surface area contributed by atoms with Crippen LogP contribution in [0.4, 0.5) is 0 Å². The lowest BCUT2D eigenvalue weighted by Gasteiger charge is -2.38. The average molecular weight is 406 g/mol. The molecule has 5 heteroatoms. The van der Waals surface area contributed by atoms with Crippen LogP contribution in [-0.4, -0.2) is 56.5 Å². The Kier molecular flexibility index (Phi) is 6.67. The number of aliphatic hydroxyl groups excluding tert-OH is 2. The molecule has 2 unspecified atom stereocenters. The molecule has 2 aliphatic heterocycles. The summed E-state index contributed by atoms with van der Waals surface area (Å²) in [7, 11) is 0. The Bertz CT molecular complexity index is 600. The molecule has 2 heterocycles. The maximum absolute atomic E-state index is 11.8. The van der Waals surface area contributed by atoms with E-state index in [0.717, 1.165) is 44.4 Å². The second-order valence-electron chi connectivity index (χ2n) is 10.2. The number of aliphatic hydroxyl groups is 2. The Morgan fingerprint density at radius 2 is 1.90 bits per heavy atom. The summed E-state index contributed by atoms with van der Waals surface area (Å²) in [6, 6.07) is 0.136. The molecule has 4 aliphatic rings. The van der Waals surface area contributed by atoms with Crippen molar-refractivity contribution in [2.75, 3.05) is 0 Å². The summed E-state index contributed by atoms with van der Waals surface area (Å²) >= 11 is 0. The van der Waals surface area contributed by atoms with Crippen LogP contribution in [0, 0.1) is 23.7 Å². The quantitative estimate of drug-likeness (QED) is 0.589. The van der Waals surface area contributed by atoms with Crippen LogP contribution < -0.4 is 0 Å². The Balaban J connectivity index is 1.38. The summed E-state index contributed by atoms with van der Waals surface area (Å²) < 4.78 is 0. The molecule has 2 saturated carbocycles. The lowest BCUT2D eigenvalue weighted by Crippen LogP contribution is -2.51. The number of hydrogen-bond donors (Lipinski definition) is 3. The Morgan fingerprint density at radius 1 is 1.14 bits per heavy atom. The van der Waals surface area contributed by atoms with E-state index in [9.17, 15) is 20.1 Å². The summed E-state index contributed by atoms with van der Waals surface area (Å²) in [6.45, 7) is 2.25. The van der Waals surface area contributed by atoms with Crippen LogP contribution in [0.15, 0.2) is 12.2 Å². The van der Waals surface area contributed by atoms with Gasteiger partial charge in [0.05, 0.1) is 12.2 Å². The van der Waals surface area contributed by atoms with Crippen LogP contribution in [0.5, 0.6) is 0 Å². The van der Waals surface area contributed by atoms with Gasteiger partial charge < -0.3 is 15.3 Å². The molecule has 164 valence electrons. The molecule has 0 aromatic heterocycles. The topological polar surface area (TPSA) is 81.0 Å². The van der Waals surface area contributed by atoms with E-state index in [1.165, 1.54) is 25.7 Å². The summed E-state index contributed by atoms with van der Waals surface area (Å²) in [5.41, 5.74) is 0. The number of carbonyl (C=O) groups is 1. The monoisotopic (exact) mass is 405 g/mol. The maximum Gasteiger partial charge on any atom is 0.320 e. The number of rotatable bonds is 6. The molecular formula is C24H39NO4. The molecule has 3 N–H and O–H groups in total. The highest BCUT2D eigenvalue weighted by Crippen LogP contribution is 2.49. The molecule has 0 aromatic rings. The van der Waals surface area contributed by atoms with Crippen molar-refractivity contribution in [1.82, 2.24) is 4.90 Å². The molecule has 29 heavy (non-hydrogen) atoms. The van der Waals surface area contributed by atoms with Crippen molar-refractivity contribution >= 4 is 5.97 Å². The minimum absolute atomic E-state index is 0.0473. The van der Waals surface area contributed by atoms with E-state index >= 15 is 0 Å². The van der Waals surface area contributed by atoms with Gasteiger partial charge in [-0.2, -0.15) is 0 Å². The third-order valence-electron chi connectivity index (χ3n) is 8.53. The fourth-order valence-electron chi connectivity index (χ4n) is 7.08. The Labute approximate surface area is 175 Å². The molecule has 0 amide bonds. The zero-order valence-corrected chi connectivity index (χ0v) is 17.8. The first-order chi connectivity index (χ1) is 14.0. The molecule has 0 bridgehead atoms. The second-order valence-corrected chi connectivity index (χ2v) is 10.2. The SMILES string of the molecule is CCCC1CCC([C@@H](O)/C=C/[C@@H]2[C@H]3CC4CCCC(C(=O)O)N4[C@@H]3C[C@H]2O)CC1. The number of nitrogens with zero attached hydrogens (tertiary/aromatic N) is 1. The second kappa shape index (κ2) is 9.07. The van der Waals surface area contributed by atoms with E-state index in [4.69, 9.17) is 0 Å². The van der Waals surface area contributed by atoms with Gasteiger partial charge in [-0.05, 0) is 62.7 Å². The van der Waals surface area contributed by atoms with Gasteiger partial charge in [0.1, 0.15) is 6.04 Å². The van der Waals surface area contributed by atoms with Gasteiger partial charge in [0, 0.05) is 18.0 Å². The van der Waals surface area contributed by atoms with Crippen LogP contribution in [-0.2, 0) is 4.79 Å². The van der Waals surface area contributed by atoms with Crippen molar-refractivity contribution in [2.45, 2.75) is 108 Å². The highest BCUT2D eigenvalue weighted by molar-refractivity contribution is 5.73. The van der Waals surface area contributed by atoms with E-state index < -0.39 is 18.2 Å². The van der Waals surface area contributed by atoms with Crippen LogP contribution in [0.2, 0.25) is 0 Å². The number of carboxylic acids is 1. The van der Waals surface area contributed by atoms with Gasteiger partial charge >= 0.3 is 5.97 Å². The van der Waals surface area contributed by atoms with Crippen LogP contribution in [0.25, 0.3) is 0 Å². The maximum atomic E-state index is 11.8. The Morgan fingerprint density at radius 3 is 2.59 bits per heavy atom. The van der Waals surface area contributed by atoms with Crippen molar-refractivity contribution in [2.24, 2.45) is 23.7 Å². The number of aliphatic carboxylic acids is 1. The zero-order chi connectivity index (χ0) is 20.5. The molecule has 4 fully saturated rings. The molecule has 2 aliphatic carbocycles. The molecule has 0 radical (unpaired) electrons. The van der Waals surface area contributed by atoms with Gasteiger partial charge in [-0.1, -0.05) is 44.8 Å². The first-order valence-electron chi connectivity index (χ1n) is 12.0. The number of carboxylic acid groups (broad SMARTS) is 1. The average Bonchev–Trinajstić information content (AvgIpc) is 3.21. The standard InChI is InChI=1S/C24H39NO4/c1-2-4-15-7-9-16(10-8-15)22(26)12-11-18-19-13-17-5-3-6-20(24(28)29)25(17)21(19)14-23(18)27/h11-12,15-23,26-27H,2-10,13-14H2,1H3,(H,28,29)/b12-11+/t15?,16?,17?,18-,19-,20?,21-,22+,23-/m1/s1. The summed E-state index contributed by atoms with van der Waals surface area (Å²) in [4.78, 5) is 14.0. The van der Waals surface area contributed by atoms with Gasteiger partial charge in [-0.25, -0.2) is 0 Å². The van der Waals surface area contributed by atoms with Gasteiger partial charge in [0.15, 0.2) is 0 Å². The van der Waals surface area contributed by atoms with Crippen molar-refractivity contribution in [3.63, 3.8) is 0 Å². The van der Waals surface area contributed by atoms with Gasteiger partial charge in [0.2, 0.25) is 0 Å². The highest BCUT2D eigenvalue weighted by Gasteiger charge is 2.55. The van der Waals surface area contributed by atoms with Crippen molar-refractivity contribution in [3.8, 4) is 0 Å². The number of piperidine rings is 1. The van der Waals surface area contributed by atoms with Gasteiger partial charge in [-0.3, -0.25) is 9.69 Å². The van der Waals surface area contributed by atoms with Crippen molar-refractivity contribution in [3.05, 3.63) is 12.2 Å². The van der Waals surface area contributed by atoms with Gasteiger partial charge in [-0.15, -0.1) is 0 Å². The highest BCUT2D eigenvalue weighted by atomic mass is 16.4. The minimum atomic E-state index is -0.710. The molecule has 0 aromatic carbocycles. The molecule has 0 spiro atoms. The van der Waals surface area contributed by atoms with E-state index in [1.807, 2.05) is 6.08 Å². The molecule has 2 saturated heterocycles. The summed E-state index contributed by atoms with van der Waals surface area (Å²) in [6.07, 6.45) is 14.9. The van der Waals surface area contributed by atoms with E-state index in [-0.39, 0.29) is 18.0 Å². The predicted molar refractivity (Wildman–Crippen MR) is 112 cm³/mol. The molecule has 4 rings (SSSR count). The number of fused-ring (bicyclic) bond motifs is 3. The lowest BCUT2D eigenvalue weighted by atomic mass is 9.77. The molecular weight excluding hydrogens is 366 g/mol. The smallest absolute Gasteiger partial charge is 0.320 e. The summed E-state index contributed by atoms with van der Waals surface area (Å²) in [5.74, 6) is 0.839. The lowest BCUT2D eigenvalue weighted by molar-refractivity contribution is -0.146. The van der Waals surface area contributed by atoms with Crippen molar-refractivity contribution in [1.29, 1.82) is 0 Å². The van der Waals surface area contributed by atoms with E-state index in [0.29, 0.717) is 24.3 Å². The van der Waals surface area contributed by atoms with Crippen LogP contribution >= 0.6 is 0 Å². The third-order valence-corrected chi connectivity index (χ3v) is 8.53. The largest absolute Gasteiger partial charge is 0.480 e.